The molecule has 102 valence electrons. The van der Waals surface area contributed by atoms with Gasteiger partial charge in [-0.05, 0) is 17.5 Å². The molecule has 3 rings (SSSR count). The van der Waals surface area contributed by atoms with E-state index in [2.05, 4.69) is 4.99 Å². The summed E-state index contributed by atoms with van der Waals surface area (Å²) in [5, 5.41) is 12.7. The Kier molecular flexibility index (Phi) is 3.43. The van der Waals surface area contributed by atoms with Crippen LogP contribution in [0.15, 0.2) is 71.7 Å². The summed E-state index contributed by atoms with van der Waals surface area (Å²) in [6.07, 6.45) is 1.67. The Morgan fingerprint density at radius 1 is 0.905 bits per heavy atom. The topological polar surface area (TPSA) is 55.5 Å². The SMILES string of the molecule is O=[N+]([O-])c1cccc2cccc(C=Nc3ccccc3)c12. The molecule has 0 bridgehead atoms. The van der Waals surface area contributed by atoms with Crippen LogP contribution in [0.3, 0.4) is 0 Å². The number of nitrogens with zero attached hydrogens (tertiary/aromatic N) is 2. The normalized spacial score (nSPS) is 11.0. The summed E-state index contributed by atoms with van der Waals surface area (Å²) in [7, 11) is 0. The van der Waals surface area contributed by atoms with E-state index in [0.717, 1.165) is 16.6 Å². The lowest BCUT2D eigenvalue weighted by atomic mass is 10.0. The second-order valence-corrected chi connectivity index (χ2v) is 4.57. The molecule has 0 aliphatic rings. The maximum Gasteiger partial charge on any atom is 0.277 e. The number of aliphatic imine (C=N–C) groups is 1. The monoisotopic (exact) mass is 276 g/mol. The van der Waals surface area contributed by atoms with E-state index in [4.69, 9.17) is 0 Å². The van der Waals surface area contributed by atoms with E-state index in [0.29, 0.717) is 5.39 Å². The zero-order valence-corrected chi connectivity index (χ0v) is 11.1. The van der Waals surface area contributed by atoms with Crippen LogP contribution in [0.1, 0.15) is 5.56 Å². The van der Waals surface area contributed by atoms with E-state index in [-0.39, 0.29) is 10.6 Å². The van der Waals surface area contributed by atoms with E-state index in [1.54, 1.807) is 12.3 Å². The number of nitro groups is 1. The first-order chi connectivity index (χ1) is 10.3. The predicted octanol–water partition coefficient (Wildman–Crippen LogP) is 4.50. The molecule has 0 fully saturated rings. The molecule has 0 spiro atoms. The average Bonchev–Trinajstić information content (AvgIpc) is 2.53. The number of non-ortho nitro benzene ring substituents is 1. The van der Waals surface area contributed by atoms with E-state index >= 15 is 0 Å². The number of para-hydroxylation sites is 1. The summed E-state index contributed by atoms with van der Waals surface area (Å²) in [5.74, 6) is 0. The highest BCUT2D eigenvalue weighted by molar-refractivity contribution is 6.05. The lowest BCUT2D eigenvalue weighted by Gasteiger charge is -2.03. The first-order valence-electron chi connectivity index (χ1n) is 6.51. The molecule has 0 N–H and O–H groups in total. The minimum atomic E-state index is -0.359. The largest absolute Gasteiger partial charge is 0.277 e. The molecule has 0 unspecified atom stereocenters. The summed E-state index contributed by atoms with van der Waals surface area (Å²) in [6.45, 7) is 0. The van der Waals surface area contributed by atoms with Gasteiger partial charge in [-0.25, -0.2) is 0 Å². The van der Waals surface area contributed by atoms with E-state index in [1.165, 1.54) is 6.07 Å². The molecule has 0 amide bonds. The van der Waals surface area contributed by atoms with Gasteiger partial charge in [-0.15, -0.1) is 0 Å². The Labute approximate surface area is 121 Å². The first-order valence-corrected chi connectivity index (χ1v) is 6.51. The van der Waals surface area contributed by atoms with E-state index in [1.807, 2.05) is 54.6 Å². The van der Waals surface area contributed by atoms with Crippen LogP contribution in [0.4, 0.5) is 11.4 Å². The Bertz CT molecular complexity index is 821. The van der Waals surface area contributed by atoms with Gasteiger partial charge in [0.25, 0.3) is 5.69 Å². The number of fused-ring (bicyclic) bond motifs is 1. The molecule has 0 atom stereocenters. The Morgan fingerprint density at radius 2 is 1.62 bits per heavy atom. The summed E-state index contributed by atoms with van der Waals surface area (Å²) in [6, 6.07) is 20.1. The van der Waals surface area contributed by atoms with Crippen molar-refractivity contribution in [1.82, 2.24) is 0 Å². The van der Waals surface area contributed by atoms with Crippen LogP contribution in [0.5, 0.6) is 0 Å². The molecule has 0 radical (unpaired) electrons. The predicted molar refractivity (Wildman–Crippen MR) is 84.3 cm³/mol. The summed E-state index contributed by atoms with van der Waals surface area (Å²) < 4.78 is 0. The number of nitro benzene ring substituents is 1. The molecule has 3 aromatic carbocycles. The molecule has 0 saturated carbocycles. The van der Waals surface area contributed by atoms with Crippen molar-refractivity contribution >= 4 is 28.4 Å². The average molecular weight is 276 g/mol. The standard InChI is InChI=1S/C17H12N2O2/c20-19(21)16-11-5-7-13-6-4-8-14(17(13)16)12-18-15-9-2-1-3-10-15/h1-12H. The van der Waals surface area contributed by atoms with Crippen molar-refractivity contribution in [3.63, 3.8) is 0 Å². The third-order valence-electron chi connectivity index (χ3n) is 3.22. The molecule has 0 aliphatic carbocycles. The lowest BCUT2D eigenvalue weighted by molar-refractivity contribution is -0.383. The number of rotatable bonds is 3. The van der Waals surface area contributed by atoms with Crippen LogP contribution < -0.4 is 0 Å². The van der Waals surface area contributed by atoms with Gasteiger partial charge in [-0.3, -0.25) is 15.1 Å². The minimum Gasteiger partial charge on any atom is -0.258 e. The molecular weight excluding hydrogens is 264 g/mol. The van der Waals surface area contributed by atoms with Crippen LogP contribution in [0.25, 0.3) is 10.8 Å². The van der Waals surface area contributed by atoms with Crippen LogP contribution in [-0.4, -0.2) is 11.1 Å². The Hall–Kier alpha value is -3.01. The van der Waals surface area contributed by atoms with Gasteiger partial charge >= 0.3 is 0 Å². The highest BCUT2D eigenvalue weighted by Gasteiger charge is 2.13. The molecule has 4 heteroatoms. The zero-order valence-electron chi connectivity index (χ0n) is 11.1. The van der Waals surface area contributed by atoms with Crippen LogP contribution >= 0.6 is 0 Å². The van der Waals surface area contributed by atoms with Crippen LogP contribution in [0, 0.1) is 10.1 Å². The second-order valence-electron chi connectivity index (χ2n) is 4.57. The first kappa shape index (κ1) is 13.0. The molecule has 3 aromatic rings. The molecule has 0 saturated heterocycles. The maximum atomic E-state index is 11.2. The molecule has 0 aromatic heterocycles. The number of hydrogen-bond donors (Lipinski definition) is 0. The van der Waals surface area contributed by atoms with E-state index < -0.39 is 0 Å². The molecule has 4 nitrogen and oxygen atoms in total. The van der Waals surface area contributed by atoms with Gasteiger partial charge < -0.3 is 0 Å². The molecule has 0 aliphatic heterocycles. The highest BCUT2D eigenvalue weighted by atomic mass is 16.6. The number of benzene rings is 3. The van der Waals surface area contributed by atoms with Gasteiger partial charge in [0.2, 0.25) is 0 Å². The fourth-order valence-electron chi connectivity index (χ4n) is 2.27. The Balaban J connectivity index is 2.14. The highest BCUT2D eigenvalue weighted by Crippen LogP contribution is 2.28. The maximum absolute atomic E-state index is 11.2. The molecule has 21 heavy (non-hydrogen) atoms. The van der Waals surface area contributed by atoms with Crippen molar-refractivity contribution in [2.45, 2.75) is 0 Å². The van der Waals surface area contributed by atoms with Gasteiger partial charge in [-0.2, -0.15) is 0 Å². The van der Waals surface area contributed by atoms with Crippen molar-refractivity contribution in [3.05, 3.63) is 82.4 Å². The van der Waals surface area contributed by atoms with Crippen LogP contribution in [-0.2, 0) is 0 Å². The van der Waals surface area contributed by atoms with Crippen molar-refractivity contribution in [3.8, 4) is 0 Å². The molecule has 0 heterocycles. The Morgan fingerprint density at radius 3 is 2.33 bits per heavy atom. The quantitative estimate of drug-likeness (QED) is 0.402. The summed E-state index contributed by atoms with van der Waals surface area (Å²) >= 11 is 0. The van der Waals surface area contributed by atoms with Gasteiger partial charge in [0, 0.05) is 17.8 Å². The van der Waals surface area contributed by atoms with E-state index in [9.17, 15) is 10.1 Å². The van der Waals surface area contributed by atoms with Crippen molar-refractivity contribution < 1.29 is 4.92 Å². The van der Waals surface area contributed by atoms with Crippen molar-refractivity contribution in [1.29, 1.82) is 0 Å². The summed E-state index contributed by atoms with van der Waals surface area (Å²) in [5.41, 5.74) is 1.65. The van der Waals surface area contributed by atoms with Gasteiger partial charge in [0.05, 0.1) is 16.0 Å². The minimum absolute atomic E-state index is 0.0996. The number of hydrogen-bond acceptors (Lipinski definition) is 3. The fourth-order valence-corrected chi connectivity index (χ4v) is 2.27. The van der Waals surface area contributed by atoms with Crippen molar-refractivity contribution in [2.24, 2.45) is 4.99 Å². The fraction of sp³-hybridized carbons (Fsp3) is 0. The van der Waals surface area contributed by atoms with Gasteiger partial charge in [-0.1, -0.05) is 48.5 Å². The third kappa shape index (κ3) is 2.65. The van der Waals surface area contributed by atoms with Gasteiger partial charge in [0.15, 0.2) is 0 Å². The zero-order chi connectivity index (χ0) is 14.7. The van der Waals surface area contributed by atoms with Gasteiger partial charge in [0.1, 0.15) is 0 Å². The lowest BCUT2D eigenvalue weighted by Crippen LogP contribution is -1.93. The summed E-state index contributed by atoms with van der Waals surface area (Å²) in [4.78, 5) is 15.2. The smallest absolute Gasteiger partial charge is 0.258 e. The molecular formula is C17H12N2O2. The second kappa shape index (κ2) is 5.54. The van der Waals surface area contributed by atoms with Crippen LogP contribution in [0.2, 0.25) is 0 Å². The third-order valence-corrected chi connectivity index (χ3v) is 3.22. The van der Waals surface area contributed by atoms with Crippen molar-refractivity contribution in [2.75, 3.05) is 0 Å².